The van der Waals surface area contributed by atoms with E-state index in [9.17, 15) is 5.11 Å². The fraction of sp³-hybridized carbons (Fsp3) is 0.500. The van der Waals surface area contributed by atoms with Crippen LogP contribution in [0, 0.1) is 0 Å². The van der Waals surface area contributed by atoms with E-state index >= 15 is 0 Å². The second kappa shape index (κ2) is 6.20. The van der Waals surface area contributed by atoms with Crippen LogP contribution in [0.2, 0.25) is 0 Å². The summed E-state index contributed by atoms with van der Waals surface area (Å²) in [7, 11) is 0. The van der Waals surface area contributed by atoms with Gasteiger partial charge in [0.15, 0.2) is 0 Å². The molecule has 0 heterocycles. The highest BCUT2D eigenvalue weighted by Crippen LogP contribution is 2.13. The molecular weight excluding hydrogens is 240 g/mol. The molecule has 0 bridgehead atoms. The van der Waals surface area contributed by atoms with Crippen molar-refractivity contribution in [2.45, 2.75) is 38.7 Å². The number of aliphatic hydroxyl groups is 1. The molecule has 0 aliphatic heterocycles. The monoisotopic (exact) mass is 256 g/mol. The Morgan fingerprint density at radius 2 is 1.86 bits per heavy atom. The first-order chi connectivity index (χ1) is 6.72. The minimum absolute atomic E-state index is 0.136. The molecule has 2 heteroatoms. The van der Waals surface area contributed by atoms with E-state index in [4.69, 9.17) is 0 Å². The van der Waals surface area contributed by atoms with E-state index in [2.05, 4.69) is 35.0 Å². The van der Waals surface area contributed by atoms with Crippen LogP contribution < -0.4 is 0 Å². The Labute approximate surface area is 94.3 Å². The van der Waals surface area contributed by atoms with Gasteiger partial charge >= 0.3 is 0 Å². The van der Waals surface area contributed by atoms with Gasteiger partial charge in [-0.1, -0.05) is 41.4 Å². The van der Waals surface area contributed by atoms with Gasteiger partial charge in [-0.15, -0.1) is 0 Å². The van der Waals surface area contributed by atoms with Crippen molar-refractivity contribution >= 4 is 15.9 Å². The molecular formula is C12H17BrO. The zero-order valence-electron chi connectivity index (χ0n) is 8.54. The van der Waals surface area contributed by atoms with Crippen LogP contribution in [-0.4, -0.2) is 11.2 Å². The molecule has 1 N–H and O–H groups in total. The first-order valence-corrected chi connectivity index (χ1v) is 5.94. The van der Waals surface area contributed by atoms with Crippen molar-refractivity contribution in [2.24, 2.45) is 0 Å². The highest BCUT2D eigenvalue weighted by Gasteiger charge is 2.02. The molecule has 78 valence electrons. The Balaban J connectivity index is 2.34. The molecule has 1 aromatic carbocycles. The molecule has 0 aliphatic carbocycles. The standard InChI is InChI=1S/C12H17BrO/c1-2-3-12(14)9-6-10-4-7-11(13)8-5-10/h4-5,7-8,12,14H,2-3,6,9H2,1H3. The van der Waals surface area contributed by atoms with E-state index in [0.29, 0.717) is 0 Å². The van der Waals surface area contributed by atoms with Crippen molar-refractivity contribution < 1.29 is 5.11 Å². The SMILES string of the molecule is CCCC(O)CCc1ccc(Br)cc1. The topological polar surface area (TPSA) is 20.2 Å². The zero-order valence-corrected chi connectivity index (χ0v) is 10.1. The molecule has 1 atom stereocenters. The van der Waals surface area contributed by atoms with Gasteiger partial charge in [0.05, 0.1) is 6.10 Å². The predicted octanol–water partition coefficient (Wildman–Crippen LogP) is 3.54. The van der Waals surface area contributed by atoms with E-state index < -0.39 is 0 Å². The summed E-state index contributed by atoms with van der Waals surface area (Å²) < 4.78 is 1.11. The Morgan fingerprint density at radius 3 is 2.43 bits per heavy atom. The van der Waals surface area contributed by atoms with Gasteiger partial charge in [0.25, 0.3) is 0 Å². The molecule has 1 rings (SSSR count). The summed E-state index contributed by atoms with van der Waals surface area (Å²) in [5.41, 5.74) is 1.29. The number of hydrogen-bond donors (Lipinski definition) is 1. The summed E-state index contributed by atoms with van der Waals surface area (Å²) >= 11 is 3.40. The lowest BCUT2D eigenvalue weighted by Gasteiger charge is -2.08. The fourth-order valence-electron chi connectivity index (χ4n) is 1.46. The van der Waals surface area contributed by atoms with E-state index in [-0.39, 0.29) is 6.10 Å². The average Bonchev–Trinajstić information content (AvgIpc) is 2.17. The van der Waals surface area contributed by atoms with E-state index in [1.165, 1.54) is 5.56 Å². The van der Waals surface area contributed by atoms with Crippen LogP contribution in [0.15, 0.2) is 28.7 Å². The molecule has 0 fully saturated rings. The molecule has 0 spiro atoms. The number of hydrogen-bond acceptors (Lipinski definition) is 1. The lowest BCUT2D eigenvalue weighted by atomic mass is 10.0. The van der Waals surface area contributed by atoms with Crippen LogP contribution in [0.3, 0.4) is 0 Å². The van der Waals surface area contributed by atoms with Gasteiger partial charge in [-0.05, 0) is 37.0 Å². The number of halogens is 1. The summed E-state index contributed by atoms with van der Waals surface area (Å²) in [4.78, 5) is 0. The van der Waals surface area contributed by atoms with Crippen molar-refractivity contribution in [3.63, 3.8) is 0 Å². The quantitative estimate of drug-likeness (QED) is 0.855. The molecule has 1 unspecified atom stereocenters. The zero-order chi connectivity index (χ0) is 10.4. The minimum atomic E-state index is -0.136. The van der Waals surface area contributed by atoms with Gasteiger partial charge in [0, 0.05) is 4.47 Å². The van der Waals surface area contributed by atoms with Crippen molar-refractivity contribution in [2.75, 3.05) is 0 Å². The van der Waals surface area contributed by atoms with Crippen LogP contribution in [0.1, 0.15) is 31.7 Å². The molecule has 0 saturated carbocycles. The van der Waals surface area contributed by atoms with Gasteiger partial charge in [0.2, 0.25) is 0 Å². The van der Waals surface area contributed by atoms with E-state index in [0.717, 1.165) is 30.2 Å². The lowest BCUT2D eigenvalue weighted by Crippen LogP contribution is -2.06. The maximum Gasteiger partial charge on any atom is 0.0543 e. The maximum absolute atomic E-state index is 9.56. The van der Waals surface area contributed by atoms with Crippen LogP contribution >= 0.6 is 15.9 Å². The minimum Gasteiger partial charge on any atom is -0.393 e. The molecule has 0 radical (unpaired) electrons. The largest absolute Gasteiger partial charge is 0.393 e. The van der Waals surface area contributed by atoms with Gasteiger partial charge in [0.1, 0.15) is 0 Å². The van der Waals surface area contributed by atoms with E-state index in [1.54, 1.807) is 0 Å². The highest BCUT2D eigenvalue weighted by atomic mass is 79.9. The average molecular weight is 257 g/mol. The molecule has 0 aromatic heterocycles. The van der Waals surface area contributed by atoms with Gasteiger partial charge in [-0.25, -0.2) is 0 Å². The highest BCUT2D eigenvalue weighted by molar-refractivity contribution is 9.10. The number of aliphatic hydroxyl groups excluding tert-OH is 1. The van der Waals surface area contributed by atoms with Crippen molar-refractivity contribution in [3.8, 4) is 0 Å². The summed E-state index contributed by atoms with van der Waals surface area (Å²) in [5.74, 6) is 0. The molecule has 14 heavy (non-hydrogen) atoms. The lowest BCUT2D eigenvalue weighted by molar-refractivity contribution is 0.154. The summed E-state index contributed by atoms with van der Waals surface area (Å²) in [5, 5.41) is 9.56. The van der Waals surface area contributed by atoms with Gasteiger partial charge in [-0.3, -0.25) is 0 Å². The van der Waals surface area contributed by atoms with E-state index in [1.807, 2.05) is 12.1 Å². The molecule has 0 saturated heterocycles. The Bertz CT molecular complexity index is 256. The molecule has 0 amide bonds. The van der Waals surface area contributed by atoms with Crippen LogP contribution in [0.4, 0.5) is 0 Å². The summed E-state index contributed by atoms with van der Waals surface area (Å²) in [6.07, 6.45) is 3.67. The third-order valence-corrected chi connectivity index (χ3v) is 2.83. The second-order valence-corrected chi connectivity index (χ2v) is 4.52. The van der Waals surface area contributed by atoms with Crippen molar-refractivity contribution in [1.29, 1.82) is 0 Å². The fourth-order valence-corrected chi connectivity index (χ4v) is 1.73. The third kappa shape index (κ3) is 4.25. The normalized spacial score (nSPS) is 12.8. The molecule has 1 aromatic rings. The third-order valence-electron chi connectivity index (χ3n) is 2.30. The second-order valence-electron chi connectivity index (χ2n) is 3.61. The predicted molar refractivity (Wildman–Crippen MR) is 63.4 cm³/mol. The Morgan fingerprint density at radius 1 is 1.21 bits per heavy atom. The number of aryl methyl sites for hydroxylation is 1. The van der Waals surface area contributed by atoms with Gasteiger partial charge in [-0.2, -0.15) is 0 Å². The Kier molecular flexibility index (Phi) is 5.20. The number of benzene rings is 1. The molecule has 1 nitrogen and oxygen atoms in total. The van der Waals surface area contributed by atoms with Crippen LogP contribution in [0.25, 0.3) is 0 Å². The first kappa shape index (κ1) is 11.7. The number of rotatable bonds is 5. The smallest absolute Gasteiger partial charge is 0.0543 e. The Hall–Kier alpha value is -0.340. The maximum atomic E-state index is 9.56. The van der Waals surface area contributed by atoms with Crippen LogP contribution in [-0.2, 0) is 6.42 Å². The first-order valence-electron chi connectivity index (χ1n) is 5.15. The van der Waals surface area contributed by atoms with Crippen LogP contribution in [0.5, 0.6) is 0 Å². The summed E-state index contributed by atoms with van der Waals surface area (Å²) in [6.45, 7) is 2.10. The summed E-state index contributed by atoms with van der Waals surface area (Å²) in [6, 6.07) is 8.29. The van der Waals surface area contributed by atoms with Crippen molar-refractivity contribution in [1.82, 2.24) is 0 Å². The van der Waals surface area contributed by atoms with Gasteiger partial charge < -0.3 is 5.11 Å². The van der Waals surface area contributed by atoms with Crippen molar-refractivity contribution in [3.05, 3.63) is 34.3 Å². The molecule has 0 aliphatic rings.